The van der Waals surface area contributed by atoms with Crippen LogP contribution < -0.4 is 0 Å². The third kappa shape index (κ3) is 2.09. The van der Waals surface area contributed by atoms with Gasteiger partial charge >= 0.3 is 0 Å². The molecule has 0 N–H and O–H groups in total. The molecule has 1 saturated heterocycles. The molecule has 3 nitrogen and oxygen atoms in total. The van der Waals surface area contributed by atoms with Gasteiger partial charge in [0.2, 0.25) is 0 Å². The van der Waals surface area contributed by atoms with Gasteiger partial charge in [-0.25, -0.2) is 0 Å². The van der Waals surface area contributed by atoms with Gasteiger partial charge in [-0.2, -0.15) is 0 Å². The van der Waals surface area contributed by atoms with Gasteiger partial charge in [0, 0.05) is 13.0 Å². The van der Waals surface area contributed by atoms with E-state index in [4.69, 9.17) is 9.47 Å². The van der Waals surface area contributed by atoms with E-state index in [-0.39, 0.29) is 12.2 Å². The van der Waals surface area contributed by atoms with Crippen molar-refractivity contribution in [2.75, 3.05) is 6.61 Å². The molecule has 0 radical (unpaired) electrons. The molecular formula is C10H18O3. The molecule has 0 amide bonds. The maximum Gasteiger partial charge on any atom is 0.159 e. The van der Waals surface area contributed by atoms with Gasteiger partial charge in [-0.1, -0.05) is 13.8 Å². The van der Waals surface area contributed by atoms with Crippen molar-refractivity contribution in [3.8, 4) is 0 Å². The first-order chi connectivity index (χ1) is 6.14. The molecular weight excluding hydrogens is 168 g/mol. The largest absolute Gasteiger partial charge is 0.353 e. The third-order valence-electron chi connectivity index (χ3n) is 2.65. The number of carbonyl (C=O) groups excluding carboxylic acids is 1. The van der Waals surface area contributed by atoms with Crippen molar-refractivity contribution in [2.24, 2.45) is 5.92 Å². The van der Waals surface area contributed by atoms with Crippen molar-refractivity contribution < 1.29 is 14.3 Å². The zero-order chi connectivity index (χ0) is 9.90. The quantitative estimate of drug-likeness (QED) is 0.627. The fraction of sp³-hybridized carbons (Fsp3) is 0.900. The molecule has 0 spiro atoms. The molecule has 1 aliphatic heterocycles. The topological polar surface area (TPSA) is 35.5 Å². The van der Waals surface area contributed by atoms with Gasteiger partial charge in [0.1, 0.15) is 5.60 Å². The van der Waals surface area contributed by atoms with Crippen LogP contribution in [-0.4, -0.2) is 24.8 Å². The van der Waals surface area contributed by atoms with E-state index in [1.807, 2.05) is 20.8 Å². The predicted molar refractivity (Wildman–Crippen MR) is 49.4 cm³/mol. The highest BCUT2D eigenvalue weighted by Gasteiger charge is 2.43. The molecule has 1 heterocycles. The Kier molecular flexibility index (Phi) is 3.45. The summed E-state index contributed by atoms with van der Waals surface area (Å²) in [7, 11) is 0. The lowest BCUT2D eigenvalue weighted by molar-refractivity contribution is -0.179. The smallest absolute Gasteiger partial charge is 0.159 e. The molecule has 0 bridgehead atoms. The second kappa shape index (κ2) is 4.20. The molecule has 3 heteroatoms. The Labute approximate surface area is 79.4 Å². The van der Waals surface area contributed by atoms with Crippen LogP contribution in [-0.2, 0) is 14.3 Å². The average Bonchev–Trinajstić information content (AvgIpc) is 2.50. The molecule has 0 aromatic heterocycles. The maximum absolute atomic E-state index is 10.9. The summed E-state index contributed by atoms with van der Waals surface area (Å²) in [6.07, 6.45) is 2.35. The van der Waals surface area contributed by atoms with Crippen molar-refractivity contribution in [3.63, 3.8) is 0 Å². The number of ether oxygens (including phenoxy) is 2. The predicted octanol–water partition coefficient (Wildman–Crippen LogP) is 1.75. The van der Waals surface area contributed by atoms with Crippen molar-refractivity contribution in [1.29, 1.82) is 0 Å². The molecule has 1 rings (SSSR count). The normalized spacial score (nSPS) is 34.0. The molecule has 76 valence electrons. The zero-order valence-corrected chi connectivity index (χ0v) is 8.58. The minimum atomic E-state index is -0.597. The Morgan fingerprint density at radius 3 is 2.77 bits per heavy atom. The number of hydrogen-bond acceptors (Lipinski definition) is 3. The minimum absolute atomic E-state index is 0.183. The van der Waals surface area contributed by atoms with Crippen molar-refractivity contribution in [3.05, 3.63) is 0 Å². The Balaban J connectivity index is 2.57. The molecule has 0 aliphatic carbocycles. The highest BCUT2D eigenvalue weighted by Crippen LogP contribution is 2.35. The van der Waals surface area contributed by atoms with Crippen LogP contribution in [0.3, 0.4) is 0 Å². The molecule has 0 aromatic rings. The maximum atomic E-state index is 10.9. The molecule has 1 aliphatic rings. The summed E-state index contributed by atoms with van der Waals surface area (Å²) in [5.41, 5.74) is -0.597. The van der Waals surface area contributed by atoms with Crippen LogP contribution >= 0.6 is 0 Å². The fourth-order valence-corrected chi connectivity index (χ4v) is 1.66. The Morgan fingerprint density at radius 1 is 1.69 bits per heavy atom. The summed E-state index contributed by atoms with van der Waals surface area (Å²) in [6, 6.07) is 0. The Morgan fingerprint density at radius 2 is 2.38 bits per heavy atom. The highest BCUT2D eigenvalue weighted by atomic mass is 16.7. The van der Waals surface area contributed by atoms with Crippen molar-refractivity contribution >= 4 is 6.29 Å². The van der Waals surface area contributed by atoms with E-state index in [2.05, 4.69) is 0 Å². The van der Waals surface area contributed by atoms with E-state index in [0.717, 1.165) is 19.1 Å². The van der Waals surface area contributed by atoms with E-state index in [9.17, 15) is 4.79 Å². The van der Waals surface area contributed by atoms with E-state index >= 15 is 0 Å². The highest BCUT2D eigenvalue weighted by molar-refractivity contribution is 5.63. The van der Waals surface area contributed by atoms with Gasteiger partial charge < -0.3 is 14.3 Å². The summed E-state index contributed by atoms with van der Waals surface area (Å²) < 4.78 is 10.9. The lowest BCUT2D eigenvalue weighted by atomic mass is 9.89. The van der Waals surface area contributed by atoms with Gasteiger partial charge in [-0.05, 0) is 19.3 Å². The van der Waals surface area contributed by atoms with Crippen LogP contribution in [0.4, 0.5) is 0 Å². The first-order valence-electron chi connectivity index (χ1n) is 4.90. The number of carbonyl (C=O) groups is 1. The zero-order valence-electron chi connectivity index (χ0n) is 8.58. The van der Waals surface area contributed by atoms with Gasteiger partial charge in [0.05, 0.1) is 0 Å². The molecule has 0 saturated carbocycles. The number of aldehydes is 1. The molecule has 2 unspecified atom stereocenters. The minimum Gasteiger partial charge on any atom is -0.353 e. The number of hydrogen-bond donors (Lipinski definition) is 0. The van der Waals surface area contributed by atoms with Crippen molar-refractivity contribution in [2.45, 2.75) is 45.5 Å². The summed E-state index contributed by atoms with van der Waals surface area (Å²) in [5.74, 6) is 0.218. The average molecular weight is 186 g/mol. The lowest BCUT2D eigenvalue weighted by Gasteiger charge is -2.26. The van der Waals surface area contributed by atoms with Crippen LogP contribution in [0.5, 0.6) is 0 Å². The lowest BCUT2D eigenvalue weighted by Crippen LogP contribution is -2.37. The monoisotopic (exact) mass is 186 g/mol. The molecule has 1 fully saturated rings. The second-order valence-corrected chi connectivity index (χ2v) is 3.77. The fourth-order valence-electron chi connectivity index (χ4n) is 1.66. The summed E-state index contributed by atoms with van der Waals surface area (Å²) in [5, 5.41) is 0. The Bertz CT molecular complexity index is 179. The third-order valence-corrected chi connectivity index (χ3v) is 2.65. The first-order valence-corrected chi connectivity index (χ1v) is 4.90. The van der Waals surface area contributed by atoms with E-state index in [1.165, 1.54) is 0 Å². The van der Waals surface area contributed by atoms with Crippen LogP contribution in [0.15, 0.2) is 0 Å². The SMILES string of the molecule is CCOC1CCC(C=O)(C(C)C)O1. The van der Waals surface area contributed by atoms with Gasteiger partial charge in [0.25, 0.3) is 0 Å². The number of rotatable bonds is 4. The van der Waals surface area contributed by atoms with E-state index < -0.39 is 5.60 Å². The standard InChI is InChI=1S/C10H18O3/c1-4-12-9-5-6-10(7-11,13-9)8(2)3/h7-9H,4-6H2,1-3H3. The van der Waals surface area contributed by atoms with Gasteiger partial charge in [-0.3, -0.25) is 0 Å². The van der Waals surface area contributed by atoms with Gasteiger partial charge in [0.15, 0.2) is 12.6 Å². The van der Waals surface area contributed by atoms with E-state index in [1.54, 1.807) is 0 Å². The summed E-state index contributed by atoms with van der Waals surface area (Å²) >= 11 is 0. The van der Waals surface area contributed by atoms with Crippen LogP contribution in [0.1, 0.15) is 33.6 Å². The molecule has 2 atom stereocenters. The second-order valence-electron chi connectivity index (χ2n) is 3.77. The van der Waals surface area contributed by atoms with Crippen LogP contribution in [0.2, 0.25) is 0 Å². The summed E-state index contributed by atoms with van der Waals surface area (Å²) in [4.78, 5) is 10.9. The van der Waals surface area contributed by atoms with E-state index in [0.29, 0.717) is 6.61 Å². The van der Waals surface area contributed by atoms with Crippen molar-refractivity contribution in [1.82, 2.24) is 0 Å². The summed E-state index contributed by atoms with van der Waals surface area (Å²) in [6.45, 7) is 6.57. The first kappa shape index (κ1) is 10.7. The van der Waals surface area contributed by atoms with Crippen LogP contribution in [0, 0.1) is 5.92 Å². The molecule has 13 heavy (non-hydrogen) atoms. The molecule has 0 aromatic carbocycles. The van der Waals surface area contributed by atoms with Gasteiger partial charge in [-0.15, -0.1) is 0 Å². The Hall–Kier alpha value is -0.410. The van der Waals surface area contributed by atoms with Crippen LogP contribution in [0.25, 0.3) is 0 Å².